The van der Waals surface area contributed by atoms with E-state index in [4.69, 9.17) is 9.72 Å². The number of alkyl carbamates (subject to hydrolysis) is 1. The lowest BCUT2D eigenvalue weighted by atomic mass is 9.99. The largest absolute Gasteiger partial charge is 0.444 e. The number of carbonyl (C=O) groups is 1. The number of ether oxygens (including phenoxy) is 1. The van der Waals surface area contributed by atoms with Gasteiger partial charge in [-0.15, -0.1) is 5.92 Å². The van der Waals surface area contributed by atoms with Crippen LogP contribution in [0.1, 0.15) is 51.7 Å². The third-order valence-electron chi connectivity index (χ3n) is 7.64. The van der Waals surface area contributed by atoms with E-state index in [0.29, 0.717) is 30.2 Å². The van der Waals surface area contributed by atoms with Crippen LogP contribution < -0.4 is 21.5 Å². The number of rotatable bonds is 5. The molecule has 1 N–H and O–H groups in total. The van der Waals surface area contributed by atoms with E-state index >= 15 is 0 Å². The van der Waals surface area contributed by atoms with Gasteiger partial charge in [0.05, 0.1) is 13.1 Å². The molecule has 42 heavy (non-hydrogen) atoms. The van der Waals surface area contributed by atoms with Gasteiger partial charge in [0.25, 0.3) is 5.56 Å². The van der Waals surface area contributed by atoms with Crippen molar-refractivity contribution in [2.45, 2.75) is 72.2 Å². The van der Waals surface area contributed by atoms with E-state index in [0.717, 1.165) is 34.7 Å². The number of piperidine rings is 1. The molecule has 1 fully saturated rings. The first-order valence-corrected chi connectivity index (χ1v) is 14.3. The summed E-state index contributed by atoms with van der Waals surface area (Å²) in [5, 5.41) is 5.03. The van der Waals surface area contributed by atoms with Crippen LogP contribution in [0.4, 0.5) is 10.7 Å². The predicted octanol–water partition coefficient (Wildman–Crippen LogP) is 3.92. The zero-order valence-corrected chi connectivity index (χ0v) is 25.2. The maximum Gasteiger partial charge on any atom is 0.407 e. The number of aromatic nitrogens is 4. The topological polar surface area (TPSA) is 103 Å². The van der Waals surface area contributed by atoms with Crippen molar-refractivity contribution < 1.29 is 9.53 Å². The summed E-state index contributed by atoms with van der Waals surface area (Å²) >= 11 is 0. The van der Waals surface area contributed by atoms with Gasteiger partial charge in [-0.05, 0) is 69.4 Å². The van der Waals surface area contributed by atoms with E-state index in [1.54, 1.807) is 18.5 Å². The van der Waals surface area contributed by atoms with Gasteiger partial charge in [-0.2, -0.15) is 4.98 Å². The zero-order valence-electron chi connectivity index (χ0n) is 25.2. The van der Waals surface area contributed by atoms with Crippen molar-refractivity contribution in [2.75, 3.05) is 18.0 Å². The smallest absolute Gasteiger partial charge is 0.407 e. The molecule has 10 heteroatoms. The van der Waals surface area contributed by atoms with Crippen LogP contribution in [0.3, 0.4) is 0 Å². The molecule has 2 aromatic heterocycles. The molecule has 1 saturated heterocycles. The van der Waals surface area contributed by atoms with E-state index in [-0.39, 0.29) is 19.1 Å². The molecule has 1 amide bonds. The van der Waals surface area contributed by atoms with Crippen LogP contribution in [0, 0.1) is 18.8 Å². The van der Waals surface area contributed by atoms with Gasteiger partial charge in [0, 0.05) is 26.2 Å². The maximum atomic E-state index is 14.1. The number of anilines is 1. The number of carbonyl (C=O) groups excluding carboxylic acids is 1. The molecule has 3 heterocycles. The Bertz CT molecular complexity index is 1850. The summed E-state index contributed by atoms with van der Waals surface area (Å²) in [7, 11) is 1.65. The molecule has 1 aliphatic rings. The summed E-state index contributed by atoms with van der Waals surface area (Å²) < 4.78 is 9.99. The Morgan fingerprint density at radius 1 is 1.14 bits per heavy atom. The normalized spacial score (nSPS) is 15.5. The van der Waals surface area contributed by atoms with E-state index in [2.05, 4.69) is 17.2 Å². The minimum Gasteiger partial charge on any atom is -0.444 e. The second-order valence-electron chi connectivity index (χ2n) is 11.8. The molecule has 10 nitrogen and oxygen atoms in total. The fourth-order valence-electron chi connectivity index (χ4n) is 5.61. The summed E-state index contributed by atoms with van der Waals surface area (Å²) in [5.74, 6) is 6.54. The summed E-state index contributed by atoms with van der Waals surface area (Å²) in [6, 6.07) is 11.9. The Morgan fingerprint density at radius 3 is 2.64 bits per heavy atom. The Kier molecular flexibility index (Phi) is 7.87. The molecule has 220 valence electrons. The number of benzene rings is 2. The monoisotopic (exact) mass is 570 g/mol. The number of hydrogen-bond acceptors (Lipinski definition) is 6. The Hall–Kier alpha value is -4.52. The number of aryl methyl sites for hydroxylation is 2. The van der Waals surface area contributed by atoms with Gasteiger partial charge >= 0.3 is 11.8 Å². The highest BCUT2D eigenvalue weighted by Gasteiger charge is 2.29. The third-order valence-corrected chi connectivity index (χ3v) is 7.64. The minimum absolute atomic E-state index is 0.139. The van der Waals surface area contributed by atoms with Crippen LogP contribution in [-0.4, -0.2) is 49.5 Å². The molecule has 4 aromatic rings. The summed E-state index contributed by atoms with van der Waals surface area (Å²) in [4.78, 5) is 47.1. The van der Waals surface area contributed by atoms with Crippen LogP contribution in [-0.2, 0) is 24.9 Å². The van der Waals surface area contributed by atoms with Crippen LogP contribution in [0.5, 0.6) is 0 Å². The average molecular weight is 571 g/mol. The highest BCUT2D eigenvalue weighted by molar-refractivity contribution is 5.86. The number of imidazole rings is 1. The van der Waals surface area contributed by atoms with Gasteiger partial charge in [-0.3, -0.25) is 18.5 Å². The first kappa shape index (κ1) is 29.0. The molecule has 0 bridgehead atoms. The first-order chi connectivity index (χ1) is 20.0. The van der Waals surface area contributed by atoms with Gasteiger partial charge in [-0.25, -0.2) is 9.59 Å². The van der Waals surface area contributed by atoms with Gasteiger partial charge in [-0.1, -0.05) is 42.3 Å². The number of fused-ring (bicyclic) bond motifs is 2. The molecule has 1 unspecified atom stereocenters. The molecule has 0 spiro atoms. The molecular formula is C32H38N6O4. The third kappa shape index (κ3) is 5.64. The SMILES string of the molecule is CC#CCn1c(N2CCCC(NC(=O)OC(C)(C)C)C2)nc2c1c(=O)n(Cc1c(C)ccc3ccccc13)c(=O)n2C. The van der Waals surface area contributed by atoms with E-state index in [9.17, 15) is 14.4 Å². The fourth-order valence-corrected chi connectivity index (χ4v) is 5.61. The number of hydrogen-bond donors (Lipinski definition) is 1. The zero-order chi connectivity index (χ0) is 30.2. The van der Waals surface area contributed by atoms with Crippen LogP contribution in [0.15, 0.2) is 46.0 Å². The molecule has 0 aliphatic carbocycles. The van der Waals surface area contributed by atoms with E-state index in [1.165, 1.54) is 9.13 Å². The highest BCUT2D eigenvalue weighted by Crippen LogP contribution is 2.25. The van der Waals surface area contributed by atoms with Crippen LogP contribution in [0.2, 0.25) is 0 Å². The van der Waals surface area contributed by atoms with Crippen molar-refractivity contribution in [3.63, 3.8) is 0 Å². The van der Waals surface area contributed by atoms with Gasteiger partial charge in [0.2, 0.25) is 5.95 Å². The van der Waals surface area contributed by atoms with Crippen molar-refractivity contribution >= 4 is 34.0 Å². The number of nitrogens with one attached hydrogen (secondary N) is 1. The van der Waals surface area contributed by atoms with Gasteiger partial charge in [0.15, 0.2) is 11.2 Å². The van der Waals surface area contributed by atoms with E-state index < -0.39 is 22.9 Å². The molecular weight excluding hydrogens is 532 g/mol. The lowest BCUT2D eigenvalue weighted by molar-refractivity contribution is 0.0499. The summed E-state index contributed by atoms with van der Waals surface area (Å²) in [5.41, 5.74) is 1.14. The van der Waals surface area contributed by atoms with Crippen LogP contribution in [0.25, 0.3) is 21.9 Å². The lowest BCUT2D eigenvalue weighted by Gasteiger charge is -2.34. The molecule has 5 rings (SSSR count). The first-order valence-electron chi connectivity index (χ1n) is 14.3. The fraction of sp³-hybridized carbons (Fsp3) is 0.438. The molecule has 0 saturated carbocycles. The molecule has 2 aromatic carbocycles. The van der Waals surface area contributed by atoms with Gasteiger partial charge < -0.3 is 15.0 Å². The Balaban J connectivity index is 1.58. The minimum atomic E-state index is -0.597. The average Bonchev–Trinajstić information content (AvgIpc) is 3.33. The molecule has 1 atom stereocenters. The van der Waals surface area contributed by atoms with Crippen molar-refractivity contribution in [3.8, 4) is 11.8 Å². The van der Waals surface area contributed by atoms with Crippen molar-refractivity contribution in [1.29, 1.82) is 0 Å². The Labute approximate surface area is 244 Å². The van der Waals surface area contributed by atoms with Crippen molar-refractivity contribution in [1.82, 2.24) is 24.0 Å². The van der Waals surface area contributed by atoms with E-state index in [1.807, 2.05) is 69.0 Å². The second kappa shape index (κ2) is 11.4. The number of amides is 1. The second-order valence-corrected chi connectivity index (χ2v) is 11.8. The highest BCUT2D eigenvalue weighted by atomic mass is 16.6. The van der Waals surface area contributed by atoms with Crippen molar-refractivity contribution in [2.24, 2.45) is 7.05 Å². The quantitative estimate of drug-likeness (QED) is 0.365. The lowest BCUT2D eigenvalue weighted by Crippen LogP contribution is -2.49. The standard InChI is InChI=1S/C32H38N6O4/c1-7-8-18-37-26-27(34-29(37)36-17-11-13-23(19-36)33-30(40)42-32(3,4)5)35(6)31(41)38(28(26)39)20-25-21(2)15-16-22-12-9-10-14-24(22)25/h9-10,12,14-16,23H,11,13,17-20H2,1-6H3,(H,33,40). The predicted molar refractivity (Wildman–Crippen MR) is 165 cm³/mol. The number of nitrogens with zero attached hydrogens (tertiary/aromatic N) is 5. The van der Waals surface area contributed by atoms with Crippen molar-refractivity contribution in [3.05, 3.63) is 68.4 Å². The molecule has 1 aliphatic heterocycles. The molecule has 0 radical (unpaired) electrons. The Morgan fingerprint density at radius 2 is 1.90 bits per heavy atom. The summed E-state index contributed by atoms with van der Waals surface area (Å²) in [6.45, 7) is 10.8. The summed E-state index contributed by atoms with van der Waals surface area (Å²) in [6.07, 6.45) is 1.14. The van der Waals surface area contributed by atoms with Gasteiger partial charge in [0.1, 0.15) is 5.60 Å². The maximum absolute atomic E-state index is 14.1. The van der Waals surface area contributed by atoms with Crippen LogP contribution >= 0.6 is 0 Å².